The Kier molecular flexibility index (Phi) is 3.23. The molecule has 20 heavy (non-hydrogen) atoms. The third-order valence-corrected chi connectivity index (χ3v) is 3.91. The van der Waals surface area contributed by atoms with Gasteiger partial charge in [-0.25, -0.2) is 4.98 Å². The Morgan fingerprint density at radius 2 is 2.10 bits per heavy atom. The van der Waals surface area contributed by atoms with Crippen LogP contribution in [0, 0.1) is 18.3 Å². The number of nitrogens with zero attached hydrogens (tertiary/aromatic N) is 4. The maximum Gasteiger partial charge on any atom is 0.125 e. The molecule has 0 saturated heterocycles. The normalized spacial score (nSPS) is 10.2. The first-order chi connectivity index (χ1) is 9.78. The van der Waals surface area contributed by atoms with E-state index < -0.39 is 0 Å². The van der Waals surface area contributed by atoms with E-state index in [9.17, 15) is 0 Å². The highest BCUT2D eigenvalue weighted by molar-refractivity contribution is 7.18. The Morgan fingerprint density at radius 3 is 2.80 bits per heavy atom. The van der Waals surface area contributed by atoms with Crippen LogP contribution in [0.15, 0.2) is 43.0 Å². The molecule has 0 atom stereocenters. The van der Waals surface area contributed by atoms with Gasteiger partial charge in [0.15, 0.2) is 0 Å². The van der Waals surface area contributed by atoms with Crippen LogP contribution in [0.2, 0.25) is 0 Å². The Hall–Kier alpha value is -2.58. The average Bonchev–Trinajstić information content (AvgIpc) is 2.97. The van der Waals surface area contributed by atoms with Crippen molar-refractivity contribution in [3.05, 3.63) is 54.1 Å². The van der Waals surface area contributed by atoms with Crippen molar-refractivity contribution in [2.45, 2.75) is 6.92 Å². The standard InChI is InChI=1S/C15H10N4S/c1-10-5-11(6-16)7-18-14(10)13-9-19-15(20-13)12-3-2-4-17-8-12/h2-5,7-9H,1H3. The Morgan fingerprint density at radius 1 is 1.20 bits per heavy atom. The van der Waals surface area contributed by atoms with Crippen molar-refractivity contribution in [2.75, 3.05) is 0 Å². The molecule has 4 nitrogen and oxygen atoms in total. The molecule has 0 bridgehead atoms. The highest BCUT2D eigenvalue weighted by Crippen LogP contribution is 2.32. The van der Waals surface area contributed by atoms with E-state index in [4.69, 9.17) is 5.26 Å². The molecule has 0 saturated carbocycles. The molecule has 0 radical (unpaired) electrons. The SMILES string of the molecule is Cc1cc(C#N)cnc1-c1cnc(-c2cccnc2)s1. The van der Waals surface area contributed by atoms with Crippen LogP contribution in [0.5, 0.6) is 0 Å². The van der Waals surface area contributed by atoms with Gasteiger partial charge in [-0.2, -0.15) is 5.26 Å². The van der Waals surface area contributed by atoms with E-state index >= 15 is 0 Å². The van der Waals surface area contributed by atoms with Gasteiger partial charge in [0.05, 0.1) is 16.1 Å². The monoisotopic (exact) mass is 278 g/mol. The average molecular weight is 278 g/mol. The summed E-state index contributed by atoms with van der Waals surface area (Å²) in [7, 11) is 0. The fourth-order valence-corrected chi connectivity index (χ4v) is 2.87. The zero-order valence-electron chi connectivity index (χ0n) is 10.7. The lowest BCUT2D eigenvalue weighted by atomic mass is 10.1. The molecule has 3 aromatic heterocycles. The first kappa shape index (κ1) is 12.5. The van der Waals surface area contributed by atoms with Crippen molar-refractivity contribution in [1.29, 1.82) is 5.26 Å². The number of hydrogen-bond donors (Lipinski definition) is 0. The van der Waals surface area contributed by atoms with Gasteiger partial charge < -0.3 is 0 Å². The molecule has 3 rings (SSSR count). The second kappa shape index (κ2) is 5.19. The topological polar surface area (TPSA) is 62.5 Å². The minimum Gasteiger partial charge on any atom is -0.264 e. The van der Waals surface area contributed by atoms with Crippen LogP contribution < -0.4 is 0 Å². The van der Waals surface area contributed by atoms with E-state index in [2.05, 4.69) is 21.0 Å². The molecule has 0 spiro atoms. The van der Waals surface area contributed by atoms with Gasteiger partial charge in [0.25, 0.3) is 0 Å². The van der Waals surface area contributed by atoms with E-state index in [-0.39, 0.29) is 0 Å². The predicted molar refractivity (Wildman–Crippen MR) is 78.0 cm³/mol. The molecule has 0 aliphatic carbocycles. The maximum absolute atomic E-state index is 8.87. The number of aryl methyl sites for hydroxylation is 1. The van der Waals surface area contributed by atoms with Gasteiger partial charge in [-0.15, -0.1) is 11.3 Å². The van der Waals surface area contributed by atoms with Crippen LogP contribution in [0.4, 0.5) is 0 Å². The minimum atomic E-state index is 0.572. The van der Waals surface area contributed by atoms with Gasteiger partial charge in [-0.05, 0) is 30.7 Å². The summed E-state index contributed by atoms with van der Waals surface area (Å²) in [5.41, 5.74) is 3.42. The van der Waals surface area contributed by atoms with Crippen LogP contribution in [0.1, 0.15) is 11.1 Å². The Bertz CT molecular complexity index is 787. The smallest absolute Gasteiger partial charge is 0.125 e. The fourth-order valence-electron chi connectivity index (χ4n) is 1.90. The molecule has 0 aliphatic heterocycles. The molecule has 0 fully saturated rings. The van der Waals surface area contributed by atoms with Gasteiger partial charge in [0.1, 0.15) is 11.1 Å². The molecule has 0 amide bonds. The van der Waals surface area contributed by atoms with Crippen molar-refractivity contribution in [3.8, 4) is 27.2 Å². The highest BCUT2D eigenvalue weighted by atomic mass is 32.1. The number of pyridine rings is 2. The summed E-state index contributed by atoms with van der Waals surface area (Å²) in [6, 6.07) is 7.80. The molecule has 0 aromatic carbocycles. The minimum absolute atomic E-state index is 0.572. The van der Waals surface area contributed by atoms with Gasteiger partial charge in [-0.3, -0.25) is 9.97 Å². The van der Waals surface area contributed by atoms with Crippen LogP contribution >= 0.6 is 11.3 Å². The number of thiazole rings is 1. The fraction of sp³-hybridized carbons (Fsp3) is 0.0667. The molecule has 0 N–H and O–H groups in total. The van der Waals surface area contributed by atoms with Crippen molar-refractivity contribution in [1.82, 2.24) is 15.0 Å². The van der Waals surface area contributed by atoms with Gasteiger partial charge >= 0.3 is 0 Å². The lowest BCUT2D eigenvalue weighted by molar-refractivity contribution is 1.25. The summed E-state index contributed by atoms with van der Waals surface area (Å²) < 4.78 is 0. The molecular formula is C15H10N4S. The lowest BCUT2D eigenvalue weighted by Crippen LogP contribution is -1.87. The number of nitriles is 1. The summed E-state index contributed by atoms with van der Waals surface area (Å²) in [6.45, 7) is 1.95. The number of hydrogen-bond acceptors (Lipinski definition) is 5. The van der Waals surface area contributed by atoms with E-state index in [0.29, 0.717) is 5.56 Å². The van der Waals surface area contributed by atoms with Gasteiger partial charge in [0.2, 0.25) is 0 Å². The molecule has 5 heteroatoms. The van der Waals surface area contributed by atoms with Gasteiger partial charge in [-0.1, -0.05) is 0 Å². The quantitative estimate of drug-likeness (QED) is 0.720. The van der Waals surface area contributed by atoms with Gasteiger partial charge in [0, 0.05) is 30.4 Å². The largest absolute Gasteiger partial charge is 0.264 e. The second-order valence-electron chi connectivity index (χ2n) is 4.27. The van der Waals surface area contributed by atoms with E-state index in [1.54, 1.807) is 29.9 Å². The van der Waals surface area contributed by atoms with E-state index in [1.165, 1.54) is 0 Å². The summed E-state index contributed by atoms with van der Waals surface area (Å²) in [5, 5.41) is 9.79. The molecule has 0 aliphatic rings. The van der Waals surface area contributed by atoms with E-state index in [0.717, 1.165) is 26.7 Å². The molecular weight excluding hydrogens is 268 g/mol. The summed E-state index contributed by atoms with van der Waals surface area (Å²) in [6.07, 6.45) is 6.94. The first-order valence-electron chi connectivity index (χ1n) is 6.01. The van der Waals surface area contributed by atoms with E-state index in [1.807, 2.05) is 31.3 Å². The number of rotatable bonds is 2. The van der Waals surface area contributed by atoms with Crippen LogP contribution in [0.25, 0.3) is 21.1 Å². The third kappa shape index (κ3) is 2.29. The summed E-state index contributed by atoms with van der Waals surface area (Å²) >= 11 is 1.57. The lowest BCUT2D eigenvalue weighted by Gasteiger charge is -2.01. The summed E-state index contributed by atoms with van der Waals surface area (Å²) in [5.74, 6) is 0. The Balaban J connectivity index is 2.01. The number of aromatic nitrogens is 3. The third-order valence-electron chi connectivity index (χ3n) is 2.85. The molecule has 96 valence electrons. The zero-order chi connectivity index (χ0) is 13.9. The zero-order valence-corrected chi connectivity index (χ0v) is 11.6. The highest BCUT2D eigenvalue weighted by Gasteiger charge is 2.10. The van der Waals surface area contributed by atoms with Crippen molar-refractivity contribution < 1.29 is 0 Å². The van der Waals surface area contributed by atoms with Crippen molar-refractivity contribution >= 4 is 11.3 Å². The molecule has 3 heterocycles. The molecule has 3 aromatic rings. The van der Waals surface area contributed by atoms with Crippen LogP contribution in [-0.4, -0.2) is 15.0 Å². The second-order valence-corrected chi connectivity index (χ2v) is 5.30. The van der Waals surface area contributed by atoms with Crippen molar-refractivity contribution in [3.63, 3.8) is 0 Å². The predicted octanol–water partition coefficient (Wildman–Crippen LogP) is 3.45. The van der Waals surface area contributed by atoms with Crippen LogP contribution in [0.3, 0.4) is 0 Å². The van der Waals surface area contributed by atoms with Crippen molar-refractivity contribution in [2.24, 2.45) is 0 Å². The first-order valence-corrected chi connectivity index (χ1v) is 6.83. The maximum atomic E-state index is 8.87. The van der Waals surface area contributed by atoms with Crippen LogP contribution in [-0.2, 0) is 0 Å². The molecule has 0 unspecified atom stereocenters. The Labute approximate surface area is 120 Å². The summed E-state index contributed by atoms with van der Waals surface area (Å²) in [4.78, 5) is 13.9.